The third-order valence-corrected chi connectivity index (χ3v) is 4.04. The maximum absolute atomic E-state index is 5.40. The van der Waals surface area contributed by atoms with Crippen molar-refractivity contribution in [2.75, 3.05) is 13.7 Å². The van der Waals surface area contributed by atoms with E-state index in [9.17, 15) is 0 Å². The highest BCUT2D eigenvalue weighted by Gasteiger charge is 2.26. The van der Waals surface area contributed by atoms with Gasteiger partial charge < -0.3 is 15.4 Å². The van der Waals surface area contributed by atoms with Crippen LogP contribution < -0.4 is 10.6 Å². The predicted molar refractivity (Wildman–Crippen MR) is 66.7 cm³/mol. The summed E-state index contributed by atoms with van der Waals surface area (Å²) in [6.07, 6.45) is 8.18. The van der Waals surface area contributed by atoms with Crippen LogP contribution in [-0.2, 0) is 4.74 Å². The van der Waals surface area contributed by atoms with Crippen LogP contribution in [0, 0.1) is 0 Å². The van der Waals surface area contributed by atoms with Gasteiger partial charge in [0.25, 0.3) is 0 Å². The minimum absolute atomic E-state index is 0.495. The summed E-state index contributed by atoms with van der Waals surface area (Å²) in [5.41, 5.74) is 0. The smallest absolute Gasteiger partial charge is 0.0586 e. The molecule has 0 aromatic heterocycles. The standard InChI is InChI=1S/C13H26N2O/c1-10(8-11-4-3-7-14-11)15-12-5-6-13(9-12)16-2/h10-15H,3-9H2,1-2H3. The molecule has 1 aliphatic heterocycles. The maximum Gasteiger partial charge on any atom is 0.0586 e. The molecule has 1 aliphatic carbocycles. The summed E-state index contributed by atoms with van der Waals surface area (Å²) >= 11 is 0. The highest BCUT2D eigenvalue weighted by atomic mass is 16.5. The Kier molecular flexibility index (Phi) is 4.62. The average Bonchev–Trinajstić information content (AvgIpc) is 2.89. The van der Waals surface area contributed by atoms with Gasteiger partial charge in [0.2, 0.25) is 0 Å². The fourth-order valence-corrected chi connectivity index (χ4v) is 3.16. The van der Waals surface area contributed by atoms with Crippen LogP contribution >= 0.6 is 0 Å². The lowest BCUT2D eigenvalue weighted by atomic mass is 10.1. The summed E-state index contributed by atoms with van der Waals surface area (Å²) in [6.45, 7) is 3.53. The van der Waals surface area contributed by atoms with Gasteiger partial charge in [0.05, 0.1) is 6.10 Å². The lowest BCUT2D eigenvalue weighted by molar-refractivity contribution is 0.106. The summed E-state index contributed by atoms with van der Waals surface area (Å²) < 4.78 is 5.40. The fraction of sp³-hybridized carbons (Fsp3) is 1.00. The van der Waals surface area contributed by atoms with E-state index in [0.717, 1.165) is 6.04 Å². The zero-order valence-electron chi connectivity index (χ0n) is 10.7. The molecule has 2 aliphatic rings. The summed E-state index contributed by atoms with van der Waals surface area (Å²) in [7, 11) is 1.83. The molecule has 1 saturated heterocycles. The SMILES string of the molecule is COC1CCC(NC(C)CC2CCCN2)C1. The van der Waals surface area contributed by atoms with Crippen LogP contribution in [-0.4, -0.2) is 37.9 Å². The molecule has 3 nitrogen and oxygen atoms in total. The van der Waals surface area contributed by atoms with Crippen molar-refractivity contribution in [1.29, 1.82) is 0 Å². The Morgan fingerprint density at radius 2 is 2.25 bits per heavy atom. The van der Waals surface area contributed by atoms with E-state index in [4.69, 9.17) is 4.74 Å². The van der Waals surface area contributed by atoms with Gasteiger partial charge in [0, 0.05) is 25.2 Å². The maximum atomic E-state index is 5.40. The minimum atomic E-state index is 0.495. The van der Waals surface area contributed by atoms with Gasteiger partial charge in [-0.2, -0.15) is 0 Å². The van der Waals surface area contributed by atoms with Gasteiger partial charge >= 0.3 is 0 Å². The molecule has 1 saturated carbocycles. The molecule has 0 aromatic rings. The highest BCUT2D eigenvalue weighted by Crippen LogP contribution is 2.22. The Hall–Kier alpha value is -0.120. The largest absolute Gasteiger partial charge is 0.381 e. The van der Waals surface area contributed by atoms with E-state index in [1.54, 1.807) is 0 Å². The molecule has 0 amide bonds. The Morgan fingerprint density at radius 1 is 1.38 bits per heavy atom. The molecule has 2 fully saturated rings. The molecule has 0 aromatic carbocycles. The first-order chi connectivity index (χ1) is 7.78. The van der Waals surface area contributed by atoms with E-state index in [1.807, 2.05) is 7.11 Å². The van der Waals surface area contributed by atoms with Gasteiger partial charge in [0.1, 0.15) is 0 Å². The van der Waals surface area contributed by atoms with Crippen LogP contribution in [0.5, 0.6) is 0 Å². The van der Waals surface area contributed by atoms with Crippen LogP contribution in [0.3, 0.4) is 0 Å². The molecule has 2 rings (SSSR count). The number of methoxy groups -OCH3 is 1. The fourth-order valence-electron chi connectivity index (χ4n) is 3.16. The van der Waals surface area contributed by atoms with E-state index < -0.39 is 0 Å². The first kappa shape index (κ1) is 12.3. The zero-order valence-corrected chi connectivity index (χ0v) is 10.7. The van der Waals surface area contributed by atoms with Crippen LogP contribution in [0.2, 0.25) is 0 Å². The molecule has 0 bridgehead atoms. The van der Waals surface area contributed by atoms with Crippen molar-refractivity contribution in [3.63, 3.8) is 0 Å². The Morgan fingerprint density at radius 3 is 2.88 bits per heavy atom. The van der Waals surface area contributed by atoms with Crippen LogP contribution in [0.4, 0.5) is 0 Å². The van der Waals surface area contributed by atoms with E-state index in [0.29, 0.717) is 18.2 Å². The van der Waals surface area contributed by atoms with E-state index in [2.05, 4.69) is 17.6 Å². The molecular weight excluding hydrogens is 200 g/mol. The van der Waals surface area contributed by atoms with Crippen LogP contribution in [0.15, 0.2) is 0 Å². The summed E-state index contributed by atoms with van der Waals surface area (Å²) in [6, 6.07) is 2.07. The van der Waals surface area contributed by atoms with Gasteiger partial charge in [-0.3, -0.25) is 0 Å². The summed E-state index contributed by atoms with van der Waals surface area (Å²) in [4.78, 5) is 0. The molecule has 0 spiro atoms. The highest BCUT2D eigenvalue weighted by molar-refractivity contribution is 4.85. The van der Waals surface area contributed by atoms with Crippen molar-refractivity contribution < 1.29 is 4.74 Å². The summed E-state index contributed by atoms with van der Waals surface area (Å²) in [5, 5.41) is 7.32. The van der Waals surface area contributed by atoms with Crippen molar-refractivity contribution in [1.82, 2.24) is 10.6 Å². The van der Waals surface area contributed by atoms with Crippen molar-refractivity contribution in [2.45, 2.75) is 69.7 Å². The monoisotopic (exact) mass is 226 g/mol. The number of rotatable bonds is 5. The number of nitrogens with one attached hydrogen (secondary N) is 2. The Bertz CT molecular complexity index is 204. The quantitative estimate of drug-likeness (QED) is 0.748. The number of hydrogen-bond acceptors (Lipinski definition) is 3. The van der Waals surface area contributed by atoms with E-state index in [-0.39, 0.29) is 0 Å². The Labute approximate surface area is 99.3 Å². The van der Waals surface area contributed by atoms with Gasteiger partial charge in [-0.15, -0.1) is 0 Å². The molecule has 94 valence electrons. The summed E-state index contributed by atoms with van der Waals surface area (Å²) in [5.74, 6) is 0. The molecule has 1 heterocycles. The van der Waals surface area contributed by atoms with Crippen LogP contribution in [0.25, 0.3) is 0 Å². The first-order valence-electron chi connectivity index (χ1n) is 6.80. The predicted octanol–water partition coefficient (Wildman–Crippen LogP) is 1.67. The third-order valence-electron chi connectivity index (χ3n) is 4.04. The molecule has 4 atom stereocenters. The van der Waals surface area contributed by atoms with Crippen molar-refractivity contribution in [2.24, 2.45) is 0 Å². The molecule has 2 N–H and O–H groups in total. The molecule has 0 radical (unpaired) electrons. The average molecular weight is 226 g/mol. The molecule has 16 heavy (non-hydrogen) atoms. The van der Waals surface area contributed by atoms with Gasteiger partial charge in [0.15, 0.2) is 0 Å². The first-order valence-corrected chi connectivity index (χ1v) is 6.80. The Balaban J connectivity index is 1.64. The van der Waals surface area contributed by atoms with Gasteiger partial charge in [-0.1, -0.05) is 0 Å². The van der Waals surface area contributed by atoms with Crippen LogP contribution in [0.1, 0.15) is 45.4 Å². The zero-order chi connectivity index (χ0) is 11.4. The number of ether oxygens (including phenoxy) is 1. The van der Waals surface area contributed by atoms with Gasteiger partial charge in [-0.25, -0.2) is 0 Å². The third kappa shape index (κ3) is 3.44. The lowest BCUT2D eigenvalue weighted by Gasteiger charge is -2.22. The second-order valence-corrected chi connectivity index (χ2v) is 5.46. The topological polar surface area (TPSA) is 33.3 Å². The molecule has 4 unspecified atom stereocenters. The van der Waals surface area contributed by atoms with Crippen molar-refractivity contribution >= 4 is 0 Å². The number of hydrogen-bond donors (Lipinski definition) is 2. The second-order valence-electron chi connectivity index (χ2n) is 5.46. The van der Waals surface area contributed by atoms with Crippen molar-refractivity contribution in [3.05, 3.63) is 0 Å². The lowest BCUT2D eigenvalue weighted by Crippen LogP contribution is -2.39. The van der Waals surface area contributed by atoms with E-state index in [1.165, 1.54) is 45.1 Å². The second kappa shape index (κ2) is 5.99. The van der Waals surface area contributed by atoms with Gasteiger partial charge in [-0.05, 0) is 52.0 Å². The molecular formula is C13H26N2O. The molecule has 3 heteroatoms. The normalized spacial score (nSPS) is 36.8. The van der Waals surface area contributed by atoms with Crippen molar-refractivity contribution in [3.8, 4) is 0 Å². The minimum Gasteiger partial charge on any atom is -0.381 e. The van der Waals surface area contributed by atoms with E-state index >= 15 is 0 Å².